The van der Waals surface area contributed by atoms with Gasteiger partial charge in [0.05, 0.1) is 26.7 Å². The first-order valence-corrected chi connectivity index (χ1v) is 9.96. The molecule has 0 unspecified atom stereocenters. The average Bonchev–Trinajstić information content (AvgIpc) is 3.04. The van der Waals surface area contributed by atoms with Gasteiger partial charge >= 0.3 is 0 Å². The summed E-state index contributed by atoms with van der Waals surface area (Å²) >= 11 is 0. The van der Waals surface area contributed by atoms with Crippen molar-refractivity contribution in [2.45, 2.75) is 31.8 Å². The van der Waals surface area contributed by atoms with E-state index in [2.05, 4.69) is 4.90 Å². The molecule has 2 aromatic rings. The molecule has 1 saturated heterocycles. The third-order valence-corrected chi connectivity index (χ3v) is 5.88. The minimum absolute atomic E-state index is 0.0742. The van der Waals surface area contributed by atoms with Gasteiger partial charge in [-0.15, -0.1) is 0 Å². The number of amides is 2. The van der Waals surface area contributed by atoms with Crippen molar-refractivity contribution in [3.63, 3.8) is 0 Å². The minimum atomic E-state index is -0.375. The molecule has 1 atom stereocenters. The second-order valence-corrected chi connectivity index (χ2v) is 7.54. The molecular weight excluding hydrogens is 368 g/mol. The molecule has 2 amide bonds. The Morgan fingerprint density at radius 2 is 1.69 bits per heavy atom. The van der Waals surface area contributed by atoms with Crippen LogP contribution in [0.3, 0.4) is 0 Å². The van der Waals surface area contributed by atoms with E-state index >= 15 is 0 Å². The van der Waals surface area contributed by atoms with Crippen LogP contribution in [0.4, 0.5) is 0 Å². The molecule has 2 aromatic carbocycles. The van der Waals surface area contributed by atoms with E-state index in [1.807, 2.05) is 42.5 Å². The molecule has 0 spiro atoms. The highest BCUT2D eigenvalue weighted by Crippen LogP contribution is 2.34. The number of likely N-dealkylation sites (tertiary alicyclic amines) is 1. The molecule has 2 aliphatic rings. The third-order valence-electron chi connectivity index (χ3n) is 5.88. The van der Waals surface area contributed by atoms with Crippen molar-refractivity contribution in [2.24, 2.45) is 0 Å². The minimum Gasteiger partial charge on any atom is -0.493 e. The molecule has 2 heterocycles. The molecule has 4 rings (SSSR count). The van der Waals surface area contributed by atoms with Gasteiger partial charge in [0.15, 0.2) is 11.5 Å². The van der Waals surface area contributed by atoms with Crippen molar-refractivity contribution < 1.29 is 19.1 Å². The Bertz CT molecular complexity index is 913. The molecule has 0 bridgehead atoms. The highest BCUT2D eigenvalue weighted by molar-refractivity contribution is 6.05. The summed E-state index contributed by atoms with van der Waals surface area (Å²) in [5.41, 5.74) is 3.46. The van der Waals surface area contributed by atoms with Crippen LogP contribution in [0, 0.1) is 0 Å². The summed E-state index contributed by atoms with van der Waals surface area (Å²) < 4.78 is 10.8. The molecule has 0 N–H and O–H groups in total. The Hall–Kier alpha value is -2.86. The Kier molecular flexibility index (Phi) is 5.53. The number of ether oxygens (including phenoxy) is 2. The lowest BCUT2D eigenvalue weighted by Crippen LogP contribution is -2.44. The van der Waals surface area contributed by atoms with Gasteiger partial charge in [-0.1, -0.05) is 30.3 Å². The fourth-order valence-corrected chi connectivity index (χ4v) is 4.24. The largest absolute Gasteiger partial charge is 0.493 e. The molecule has 0 aromatic heterocycles. The van der Waals surface area contributed by atoms with Gasteiger partial charge in [0.25, 0.3) is 0 Å². The summed E-state index contributed by atoms with van der Waals surface area (Å²) in [6.45, 7) is 1.82. The maximum Gasteiger partial charge on any atom is 0.247 e. The second-order valence-electron chi connectivity index (χ2n) is 7.54. The lowest BCUT2D eigenvalue weighted by molar-refractivity contribution is -0.139. The van der Waals surface area contributed by atoms with Crippen molar-refractivity contribution in [2.75, 3.05) is 27.3 Å². The van der Waals surface area contributed by atoms with Gasteiger partial charge in [0.2, 0.25) is 11.8 Å². The van der Waals surface area contributed by atoms with Crippen molar-refractivity contribution in [1.29, 1.82) is 0 Å². The van der Waals surface area contributed by atoms with Gasteiger partial charge in [0.1, 0.15) is 0 Å². The zero-order chi connectivity index (χ0) is 20.4. The van der Waals surface area contributed by atoms with Gasteiger partial charge in [-0.05, 0) is 41.7 Å². The molecule has 29 heavy (non-hydrogen) atoms. The van der Waals surface area contributed by atoms with Crippen LogP contribution in [-0.2, 0) is 29.0 Å². The standard InChI is InChI=1S/C23H26N2O4/c1-28-20-12-17-9-10-24(15-18(17)13-21(20)29-2)19-14-22(26)25(23(19)27)11-8-16-6-4-3-5-7-16/h3-7,12-13,19H,8-11,14-15H2,1-2H3/t19-/m0/s1. The Morgan fingerprint density at radius 1 is 1.00 bits per heavy atom. The van der Waals surface area contributed by atoms with Crippen LogP contribution in [-0.4, -0.2) is 55.0 Å². The number of carbonyl (C=O) groups is 2. The summed E-state index contributed by atoms with van der Waals surface area (Å²) in [4.78, 5) is 29.1. The van der Waals surface area contributed by atoms with Crippen LogP contribution in [0.25, 0.3) is 0 Å². The quantitative estimate of drug-likeness (QED) is 0.705. The predicted molar refractivity (Wildman–Crippen MR) is 109 cm³/mol. The maximum atomic E-state index is 13.0. The lowest BCUT2D eigenvalue weighted by Gasteiger charge is -2.32. The van der Waals surface area contributed by atoms with Crippen molar-refractivity contribution in [1.82, 2.24) is 9.80 Å². The molecular formula is C23H26N2O4. The van der Waals surface area contributed by atoms with E-state index in [0.29, 0.717) is 25.3 Å². The molecule has 1 fully saturated rings. The van der Waals surface area contributed by atoms with Crippen molar-refractivity contribution in [3.05, 3.63) is 59.2 Å². The van der Waals surface area contributed by atoms with E-state index in [9.17, 15) is 9.59 Å². The van der Waals surface area contributed by atoms with E-state index < -0.39 is 0 Å². The fraction of sp³-hybridized carbons (Fsp3) is 0.391. The maximum absolute atomic E-state index is 13.0. The number of hydrogen-bond acceptors (Lipinski definition) is 5. The molecule has 0 saturated carbocycles. The molecule has 6 nitrogen and oxygen atoms in total. The SMILES string of the molecule is COc1cc2c(cc1OC)CN([C@H]1CC(=O)N(CCc3ccccc3)C1=O)CC2. The van der Waals surface area contributed by atoms with Crippen LogP contribution in [0.15, 0.2) is 42.5 Å². The summed E-state index contributed by atoms with van der Waals surface area (Å²) in [7, 11) is 3.25. The Labute approximate surface area is 171 Å². The van der Waals surface area contributed by atoms with E-state index in [1.54, 1.807) is 14.2 Å². The number of nitrogens with zero attached hydrogens (tertiary/aromatic N) is 2. The van der Waals surface area contributed by atoms with Crippen LogP contribution < -0.4 is 9.47 Å². The number of fused-ring (bicyclic) bond motifs is 1. The van der Waals surface area contributed by atoms with Gasteiger partial charge in [-0.3, -0.25) is 19.4 Å². The number of benzene rings is 2. The highest BCUT2D eigenvalue weighted by atomic mass is 16.5. The summed E-state index contributed by atoms with van der Waals surface area (Å²) in [6.07, 6.45) is 1.76. The first-order valence-electron chi connectivity index (χ1n) is 9.96. The fourth-order valence-electron chi connectivity index (χ4n) is 4.24. The zero-order valence-electron chi connectivity index (χ0n) is 16.9. The lowest BCUT2D eigenvalue weighted by atomic mass is 9.97. The van der Waals surface area contributed by atoms with E-state index in [-0.39, 0.29) is 24.3 Å². The van der Waals surface area contributed by atoms with Crippen molar-refractivity contribution >= 4 is 11.8 Å². The van der Waals surface area contributed by atoms with Crippen LogP contribution in [0.1, 0.15) is 23.1 Å². The van der Waals surface area contributed by atoms with Crippen LogP contribution >= 0.6 is 0 Å². The van der Waals surface area contributed by atoms with Crippen molar-refractivity contribution in [3.8, 4) is 11.5 Å². The van der Waals surface area contributed by atoms with Gasteiger partial charge in [0, 0.05) is 19.6 Å². The highest BCUT2D eigenvalue weighted by Gasteiger charge is 2.42. The molecule has 0 radical (unpaired) electrons. The predicted octanol–water partition coefficient (Wildman–Crippen LogP) is 2.43. The molecule has 2 aliphatic heterocycles. The summed E-state index contributed by atoms with van der Waals surface area (Å²) in [5.74, 6) is 1.26. The third kappa shape index (κ3) is 3.85. The van der Waals surface area contributed by atoms with Gasteiger partial charge in [-0.2, -0.15) is 0 Å². The van der Waals surface area contributed by atoms with E-state index in [0.717, 1.165) is 29.8 Å². The van der Waals surface area contributed by atoms with Crippen LogP contribution in [0.2, 0.25) is 0 Å². The Balaban J connectivity index is 1.45. The molecule has 6 heteroatoms. The average molecular weight is 394 g/mol. The van der Waals surface area contributed by atoms with Gasteiger partial charge < -0.3 is 9.47 Å². The number of hydrogen-bond donors (Lipinski definition) is 0. The molecule has 0 aliphatic carbocycles. The van der Waals surface area contributed by atoms with Gasteiger partial charge in [-0.25, -0.2) is 0 Å². The monoisotopic (exact) mass is 394 g/mol. The van der Waals surface area contributed by atoms with E-state index in [4.69, 9.17) is 9.47 Å². The summed E-state index contributed by atoms with van der Waals surface area (Å²) in [5, 5.41) is 0. The summed E-state index contributed by atoms with van der Waals surface area (Å²) in [6, 6.07) is 13.6. The second kappa shape index (κ2) is 8.25. The first-order chi connectivity index (χ1) is 14.1. The number of imide groups is 1. The smallest absolute Gasteiger partial charge is 0.247 e. The normalized spacial score (nSPS) is 19.4. The first kappa shape index (κ1) is 19.5. The number of methoxy groups -OCH3 is 2. The van der Waals surface area contributed by atoms with Crippen LogP contribution in [0.5, 0.6) is 11.5 Å². The molecule has 152 valence electrons. The number of rotatable bonds is 6. The number of carbonyl (C=O) groups excluding carboxylic acids is 2. The van der Waals surface area contributed by atoms with E-state index in [1.165, 1.54) is 10.5 Å². The Morgan fingerprint density at radius 3 is 2.38 bits per heavy atom. The zero-order valence-corrected chi connectivity index (χ0v) is 16.9. The topological polar surface area (TPSA) is 59.1 Å².